The zero-order valence-corrected chi connectivity index (χ0v) is 24.0. The molecule has 0 bridgehead atoms. The van der Waals surface area contributed by atoms with Crippen LogP contribution in [0.2, 0.25) is 0 Å². The zero-order chi connectivity index (χ0) is 31.1. The second kappa shape index (κ2) is 17.6. The molecular formula is C27H43N7O7. The van der Waals surface area contributed by atoms with Crippen molar-refractivity contribution in [3.63, 3.8) is 0 Å². The normalized spacial score (nSPS) is 13.1. The fourth-order valence-electron chi connectivity index (χ4n) is 4.09. The molecule has 0 fully saturated rings. The molecule has 14 nitrogen and oxygen atoms in total. The molecule has 0 radical (unpaired) electrons. The number of nitrogens with two attached hydrogens (primary N) is 1. The van der Waals surface area contributed by atoms with E-state index >= 15 is 0 Å². The van der Waals surface area contributed by atoms with Gasteiger partial charge in [-0.3, -0.25) is 45.3 Å². The van der Waals surface area contributed by atoms with Gasteiger partial charge in [0.25, 0.3) is 0 Å². The van der Waals surface area contributed by atoms with E-state index in [0.717, 1.165) is 5.56 Å². The van der Waals surface area contributed by atoms with Gasteiger partial charge in [-0.2, -0.15) is 0 Å². The van der Waals surface area contributed by atoms with Crippen molar-refractivity contribution in [3.05, 3.63) is 35.4 Å². The largest absolute Gasteiger partial charge is 0.368 e. The Bertz CT molecular complexity index is 1060. The van der Waals surface area contributed by atoms with Crippen molar-refractivity contribution < 1.29 is 34.4 Å². The highest BCUT2D eigenvalue weighted by Crippen LogP contribution is 2.17. The molecule has 0 aliphatic carbocycles. The van der Waals surface area contributed by atoms with Crippen LogP contribution in [0, 0.1) is 23.2 Å². The molecule has 1 unspecified atom stereocenters. The number of nitrogens with one attached hydrogen (secondary N) is 6. The van der Waals surface area contributed by atoms with Crippen LogP contribution in [0.1, 0.15) is 70.9 Å². The average molecular weight is 578 g/mol. The Morgan fingerprint density at radius 1 is 0.829 bits per heavy atom. The summed E-state index contributed by atoms with van der Waals surface area (Å²) in [6.45, 7) is 7.59. The van der Waals surface area contributed by atoms with E-state index in [2.05, 4.69) is 16.0 Å². The molecule has 0 heterocycles. The number of amidine groups is 1. The average Bonchev–Trinajstić information content (AvgIpc) is 2.92. The third-order valence-corrected chi connectivity index (χ3v) is 6.19. The summed E-state index contributed by atoms with van der Waals surface area (Å²) in [5, 5.41) is 33.2. The number of benzene rings is 1. The molecular weight excluding hydrogens is 534 g/mol. The predicted molar refractivity (Wildman–Crippen MR) is 149 cm³/mol. The molecule has 0 saturated carbocycles. The minimum atomic E-state index is -1.20. The molecule has 1 rings (SSSR count). The van der Waals surface area contributed by atoms with Gasteiger partial charge >= 0.3 is 0 Å². The lowest BCUT2D eigenvalue weighted by Gasteiger charge is -2.25. The maximum atomic E-state index is 13.2. The molecule has 5 amide bonds. The van der Waals surface area contributed by atoms with Gasteiger partial charge in [-0.15, -0.1) is 0 Å². The lowest BCUT2D eigenvalue weighted by atomic mass is 9.92. The summed E-state index contributed by atoms with van der Waals surface area (Å²) in [6.07, 6.45) is 0.0288. The van der Waals surface area contributed by atoms with Crippen molar-refractivity contribution in [3.8, 4) is 0 Å². The van der Waals surface area contributed by atoms with Gasteiger partial charge in [0, 0.05) is 30.9 Å². The predicted octanol–water partition coefficient (Wildman–Crippen LogP) is 0.446. The van der Waals surface area contributed by atoms with Crippen molar-refractivity contribution in [1.82, 2.24) is 26.9 Å². The van der Waals surface area contributed by atoms with Gasteiger partial charge in [0.1, 0.15) is 17.9 Å². The maximum absolute atomic E-state index is 13.2. The van der Waals surface area contributed by atoms with Gasteiger partial charge in [0.05, 0.1) is 0 Å². The fraction of sp³-hybridized carbons (Fsp3) is 0.556. The van der Waals surface area contributed by atoms with Gasteiger partial charge in [-0.25, -0.2) is 5.48 Å². The first kappa shape index (κ1) is 35.0. The third-order valence-electron chi connectivity index (χ3n) is 6.19. The summed E-state index contributed by atoms with van der Waals surface area (Å²) in [4.78, 5) is 62.6. The number of primary amides is 1. The summed E-state index contributed by atoms with van der Waals surface area (Å²) in [5.41, 5.74) is 9.90. The van der Waals surface area contributed by atoms with Gasteiger partial charge in [0.15, 0.2) is 0 Å². The first-order chi connectivity index (χ1) is 19.3. The number of carbonyl (C=O) groups excluding carboxylic acids is 5. The zero-order valence-electron chi connectivity index (χ0n) is 24.0. The Balaban J connectivity index is 2.98. The summed E-state index contributed by atoms with van der Waals surface area (Å²) in [6, 6.07) is 4.36. The molecule has 0 spiro atoms. The second-order valence-corrected chi connectivity index (χ2v) is 10.7. The summed E-state index contributed by atoms with van der Waals surface area (Å²) < 4.78 is 0. The van der Waals surface area contributed by atoms with Crippen LogP contribution in [0.25, 0.3) is 0 Å². The molecule has 0 aromatic heterocycles. The molecule has 0 saturated heterocycles. The van der Waals surface area contributed by atoms with E-state index in [0.29, 0.717) is 12.0 Å². The van der Waals surface area contributed by atoms with E-state index in [9.17, 15) is 24.0 Å². The van der Waals surface area contributed by atoms with Crippen molar-refractivity contribution >= 4 is 35.4 Å². The van der Waals surface area contributed by atoms with E-state index < -0.39 is 47.5 Å². The van der Waals surface area contributed by atoms with Gasteiger partial charge in [0.2, 0.25) is 29.5 Å². The Kier molecular flexibility index (Phi) is 15.0. The lowest BCUT2D eigenvalue weighted by molar-refractivity contribution is -0.137. The Hall–Kier alpha value is -4.04. The van der Waals surface area contributed by atoms with Crippen molar-refractivity contribution in [1.29, 1.82) is 5.41 Å². The topological polar surface area (TPSA) is 236 Å². The lowest BCUT2D eigenvalue weighted by Crippen LogP contribution is -2.54. The van der Waals surface area contributed by atoms with E-state index in [-0.39, 0.29) is 49.9 Å². The highest BCUT2D eigenvalue weighted by Gasteiger charge is 2.30. The van der Waals surface area contributed by atoms with Gasteiger partial charge < -0.3 is 21.7 Å². The number of hydrogen-bond acceptors (Lipinski definition) is 8. The quantitative estimate of drug-likeness (QED) is 0.0544. The number of hydroxylamine groups is 2. The van der Waals surface area contributed by atoms with E-state index in [1.165, 1.54) is 5.48 Å². The number of carbonyl (C=O) groups is 5. The Labute approximate surface area is 239 Å². The minimum Gasteiger partial charge on any atom is -0.368 e. The van der Waals surface area contributed by atoms with Gasteiger partial charge in [-0.05, 0) is 36.7 Å². The van der Waals surface area contributed by atoms with Crippen molar-refractivity contribution in [2.24, 2.45) is 23.5 Å². The monoisotopic (exact) mass is 577 g/mol. The van der Waals surface area contributed by atoms with Crippen LogP contribution in [-0.4, -0.2) is 57.9 Å². The molecule has 228 valence electrons. The van der Waals surface area contributed by atoms with Crippen LogP contribution < -0.4 is 32.6 Å². The summed E-state index contributed by atoms with van der Waals surface area (Å²) in [7, 11) is 0. The highest BCUT2D eigenvalue weighted by atomic mass is 16.5. The molecule has 10 N–H and O–H groups in total. The van der Waals surface area contributed by atoms with E-state index in [1.807, 2.05) is 27.7 Å². The standard InChI is InChI=1S/C27H43N7O7/c1-15(2)11-19(13-23(36)33-40)26(38)31-20(27(39)32-21(25(29)37)12-16(3)4)9-10-22(35)30-14-17-5-7-18(8-6-17)24(28)34-41/h5-8,15-16,19-21,40-41H,9-14H2,1-4H3,(H2,28,34)(H2,29,37)(H,30,35)(H,31,38)(H,32,39)(H,33,36)/t19?,20-,21-/m0/s1. The van der Waals surface area contributed by atoms with E-state index in [1.54, 1.807) is 29.7 Å². The summed E-state index contributed by atoms with van der Waals surface area (Å²) >= 11 is 0. The minimum absolute atomic E-state index is 0.0279. The van der Waals surface area contributed by atoms with Crippen LogP contribution in [0.5, 0.6) is 0 Å². The van der Waals surface area contributed by atoms with Crippen molar-refractivity contribution in [2.45, 2.75) is 78.4 Å². The second-order valence-electron chi connectivity index (χ2n) is 10.7. The van der Waals surface area contributed by atoms with Crippen LogP contribution in [0.4, 0.5) is 0 Å². The maximum Gasteiger partial charge on any atom is 0.244 e. The SMILES string of the molecule is CC(C)CC(CC(=O)NO)C(=O)N[C@@H](CCC(=O)NCc1ccc(C(=N)NO)cc1)C(=O)N[C@@H](CC(C)C)C(N)=O. The molecule has 41 heavy (non-hydrogen) atoms. The molecule has 1 aromatic carbocycles. The smallest absolute Gasteiger partial charge is 0.244 e. The first-order valence-corrected chi connectivity index (χ1v) is 13.4. The van der Waals surface area contributed by atoms with E-state index in [4.69, 9.17) is 21.6 Å². The third kappa shape index (κ3) is 13.2. The number of rotatable bonds is 17. The highest BCUT2D eigenvalue weighted by molar-refractivity contribution is 5.95. The van der Waals surface area contributed by atoms with Crippen LogP contribution >= 0.6 is 0 Å². The molecule has 3 atom stereocenters. The van der Waals surface area contributed by atoms with Crippen LogP contribution in [0.3, 0.4) is 0 Å². The van der Waals surface area contributed by atoms with Crippen molar-refractivity contribution in [2.75, 3.05) is 0 Å². The van der Waals surface area contributed by atoms with Crippen LogP contribution in [0.15, 0.2) is 24.3 Å². The Morgan fingerprint density at radius 3 is 1.93 bits per heavy atom. The summed E-state index contributed by atoms with van der Waals surface area (Å²) in [5.74, 6) is -4.15. The Morgan fingerprint density at radius 2 is 1.41 bits per heavy atom. The first-order valence-electron chi connectivity index (χ1n) is 13.4. The molecule has 0 aliphatic heterocycles. The number of amides is 5. The van der Waals surface area contributed by atoms with Gasteiger partial charge in [-0.1, -0.05) is 52.0 Å². The van der Waals surface area contributed by atoms with Crippen LogP contribution in [-0.2, 0) is 30.5 Å². The molecule has 1 aromatic rings. The fourth-order valence-corrected chi connectivity index (χ4v) is 4.09. The number of hydrogen-bond donors (Lipinski definition) is 9. The molecule has 14 heteroatoms. The molecule has 0 aliphatic rings.